The number of aromatic amines is 1. The molecule has 1 aliphatic carbocycles. The van der Waals surface area contributed by atoms with E-state index in [0.717, 1.165) is 36.2 Å². The summed E-state index contributed by atoms with van der Waals surface area (Å²) in [7, 11) is 0. The Labute approximate surface area is 146 Å². The molecule has 0 saturated heterocycles. The number of nitrogens with zero attached hydrogens (tertiary/aromatic N) is 1. The van der Waals surface area contributed by atoms with Gasteiger partial charge in [-0.3, -0.25) is 4.79 Å². The Kier molecular flexibility index (Phi) is 4.14. The number of aromatic hydroxyl groups is 1. The number of carbonyl (C=O) groups excluding carboxylic acids is 1. The van der Waals surface area contributed by atoms with Gasteiger partial charge in [-0.15, -0.1) is 0 Å². The lowest BCUT2D eigenvalue weighted by molar-refractivity contribution is -0.116. The second-order valence-corrected chi connectivity index (χ2v) is 6.66. The number of rotatable bonds is 4. The molecule has 5 heteroatoms. The van der Waals surface area contributed by atoms with Crippen molar-refractivity contribution >= 4 is 17.7 Å². The second kappa shape index (κ2) is 6.59. The van der Waals surface area contributed by atoms with E-state index in [1.807, 2.05) is 18.2 Å². The maximum atomic E-state index is 12.1. The van der Waals surface area contributed by atoms with Gasteiger partial charge in [0.1, 0.15) is 5.75 Å². The zero-order valence-corrected chi connectivity index (χ0v) is 14.0. The van der Waals surface area contributed by atoms with E-state index in [2.05, 4.69) is 21.6 Å². The number of benzene rings is 1. The summed E-state index contributed by atoms with van der Waals surface area (Å²) in [4.78, 5) is 15.6. The van der Waals surface area contributed by atoms with Crippen LogP contribution in [-0.4, -0.2) is 21.7 Å². The van der Waals surface area contributed by atoms with Gasteiger partial charge in [-0.1, -0.05) is 12.1 Å². The van der Waals surface area contributed by atoms with E-state index in [0.29, 0.717) is 12.0 Å². The molecule has 0 saturated carbocycles. The van der Waals surface area contributed by atoms with Gasteiger partial charge in [-0.05, 0) is 73.9 Å². The van der Waals surface area contributed by atoms with Gasteiger partial charge in [0, 0.05) is 11.4 Å². The van der Waals surface area contributed by atoms with Crippen molar-refractivity contribution in [2.75, 3.05) is 0 Å². The van der Waals surface area contributed by atoms with Crippen molar-refractivity contribution < 1.29 is 9.90 Å². The molecule has 0 spiro atoms. The summed E-state index contributed by atoms with van der Waals surface area (Å²) in [6.07, 6.45) is 8.03. The number of aromatic nitrogens is 1. The molecular weight excluding hydrogens is 314 g/mol. The van der Waals surface area contributed by atoms with Crippen LogP contribution in [0.3, 0.4) is 0 Å². The Bertz CT molecular complexity index is 836. The number of phenols is 1. The first-order valence-electron chi connectivity index (χ1n) is 8.77. The van der Waals surface area contributed by atoms with Crippen LogP contribution in [0, 0.1) is 0 Å². The topological polar surface area (TPSA) is 77.5 Å². The van der Waals surface area contributed by atoms with Gasteiger partial charge in [0.2, 0.25) is 0 Å². The van der Waals surface area contributed by atoms with Crippen LogP contribution in [0.5, 0.6) is 5.75 Å². The summed E-state index contributed by atoms with van der Waals surface area (Å²) in [6, 6.07) is 9.29. The predicted molar refractivity (Wildman–Crippen MR) is 97.4 cm³/mol. The number of H-pyrrole nitrogens is 1. The highest BCUT2D eigenvalue weighted by Gasteiger charge is 2.23. The normalized spacial score (nSPS) is 18.2. The summed E-state index contributed by atoms with van der Waals surface area (Å²) in [5.41, 5.74) is 8.76. The molecule has 1 aromatic carbocycles. The minimum absolute atomic E-state index is 0.145. The lowest BCUT2D eigenvalue weighted by Gasteiger charge is -2.08. The largest absolute Gasteiger partial charge is 0.508 e. The molecule has 2 heterocycles. The molecule has 5 nitrogen and oxygen atoms in total. The van der Waals surface area contributed by atoms with Crippen molar-refractivity contribution in [3.05, 3.63) is 58.4 Å². The first-order valence-corrected chi connectivity index (χ1v) is 8.77. The van der Waals surface area contributed by atoms with Crippen LogP contribution in [-0.2, 0) is 24.1 Å². The van der Waals surface area contributed by atoms with Gasteiger partial charge in [0.15, 0.2) is 0 Å². The van der Waals surface area contributed by atoms with Gasteiger partial charge >= 0.3 is 0 Å². The number of fused-ring (bicyclic) bond motifs is 1. The molecule has 1 aromatic heterocycles. The summed E-state index contributed by atoms with van der Waals surface area (Å²) in [5, 5.41) is 13.6. The maximum absolute atomic E-state index is 12.1. The summed E-state index contributed by atoms with van der Waals surface area (Å²) < 4.78 is 0. The average Bonchev–Trinajstić information content (AvgIpc) is 3.18. The number of hydrogen-bond acceptors (Lipinski definition) is 3. The fraction of sp³-hybridized carbons (Fsp3) is 0.300. The van der Waals surface area contributed by atoms with E-state index in [-0.39, 0.29) is 11.7 Å². The monoisotopic (exact) mass is 335 g/mol. The lowest BCUT2D eigenvalue weighted by Crippen LogP contribution is -2.13. The third kappa shape index (κ3) is 3.36. The number of hydrogen-bond donors (Lipinski definition) is 3. The van der Waals surface area contributed by atoms with Gasteiger partial charge < -0.3 is 10.1 Å². The third-order valence-electron chi connectivity index (χ3n) is 4.87. The first kappa shape index (κ1) is 15.7. The van der Waals surface area contributed by atoms with E-state index in [9.17, 15) is 9.90 Å². The van der Waals surface area contributed by atoms with Crippen LogP contribution in [0.15, 0.2) is 41.0 Å². The zero-order valence-electron chi connectivity index (χ0n) is 14.0. The molecule has 128 valence electrons. The molecule has 0 radical (unpaired) electrons. The number of hydrazone groups is 1. The summed E-state index contributed by atoms with van der Waals surface area (Å²) in [5.74, 6) is 0.114. The maximum Gasteiger partial charge on any atom is 0.273 e. The van der Waals surface area contributed by atoms with Crippen molar-refractivity contribution in [2.45, 2.75) is 38.5 Å². The van der Waals surface area contributed by atoms with Crippen LogP contribution in [0.2, 0.25) is 0 Å². The van der Waals surface area contributed by atoms with Crippen molar-refractivity contribution in [3.63, 3.8) is 0 Å². The Morgan fingerprint density at radius 1 is 1.12 bits per heavy atom. The standard InChI is InChI=1S/C20H21N3O2/c24-16-8-5-13(6-9-16)7-10-19-17(20(25)23-22-19)12-15-11-14-3-1-2-4-18(14)21-15/h5-6,8-9,11-12,21,24H,1-4,7,10H2,(H,23,25). The number of carbonyl (C=O) groups is 1. The fourth-order valence-electron chi connectivity index (χ4n) is 3.50. The highest BCUT2D eigenvalue weighted by atomic mass is 16.3. The van der Waals surface area contributed by atoms with E-state index < -0.39 is 0 Å². The summed E-state index contributed by atoms with van der Waals surface area (Å²) in [6.45, 7) is 0. The van der Waals surface area contributed by atoms with E-state index in [1.54, 1.807) is 12.1 Å². The van der Waals surface area contributed by atoms with Crippen LogP contribution < -0.4 is 5.43 Å². The highest BCUT2D eigenvalue weighted by Crippen LogP contribution is 2.24. The molecule has 2 aliphatic rings. The Morgan fingerprint density at radius 3 is 2.72 bits per heavy atom. The molecule has 1 amide bonds. The van der Waals surface area contributed by atoms with E-state index in [4.69, 9.17) is 0 Å². The summed E-state index contributed by atoms with van der Waals surface area (Å²) >= 11 is 0. The third-order valence-corrected chi connectivity index (χ3v) is 4.87. The molecule has 0 unspecified atom stereocenters. The van der Waals surface area contributed by atoms with Gasteiger partial charge in [-0.2, -0.15) is 5.10 Å². The van der Waals surface area contributed by atoms with E-state index in [1.165, 1.54) is 24.1 Å². The van der Waals surface area contributed by atoms with Crippen LogP contribution >= 0.6 is 0 Å². The van der Waals surface area contributed by atoms with Crippen molar-refractivity contribution in [1.29, 1.82) is 0 Å². The van der Waals surface area contributed by atoms with E-state index >= 15 is 0 Å². The molecular formula is C20H21N3O2. The first-order chi connectivity index (χ1) is 12.2. The van der Waals surface area contributed by atoms with Gasteiger partial charge in [0.25, 0.3) is 5.91 Å². The Hall–Kier alpha value is -2.82. The number of nitrogens with one attached hydrogen (secondary N) is 2. The molecule has 3 N–H and O–H groups in total. The number of aryl methyl sites for hydroxylation is 3. The van der Waals surface area contributed by atoms with Crippen LogP contribution in [0.1, 0.15) is 41.8 Å². The molecule has 1 aliphatic heterocycles. The molecule has 0 bridgehead atoms. The fourth-order valence-corrected chi connectivity index (χ4v) is 3.50. The Balaban J connectivity index is 1.51. The number of amides is 1. The SMILES string of the molecule is O=C1NN=C(CCc2ccc(O)cc2)C1=Cc1cc2c([nH]1)CCCC2. The molecule has 2 aromatic rings. The molecule has 0 fully saturated rings. The Morgan fingerprint density at radius 2 is 1.92 bits per heavy atom. The smallest absolute Gasteiger partial charge is 0.273 e. The lowest BCUT2D eigenvalue weighted by atomic mass is 9.98. The number of phenolic OH excluding ortho intramolecular Hbond substituents is 1. The van der Waals surface area contributed by atoms with Crippen LogP contribution in [0.25, 0.3) is 6.08 Å². The quantitative estimate of drug-likeness (QED) is 0.751. The van der Waals surface area contributed by atoms with Gasteiger partial charge in [0.05, 0.1) is 11.3 Å². The predicted octanol–water partition coefficient (Wildman–Crippen LogP) is 3.10. The van der Waals surface area contributed by atoms with Crippen LogP contribution in [0.4, 0.5) is 0 Å². The molecule has 25 heavy (non-hydrogen) atoms. The molecule has 0 atom stereocenters. The minimum Gasteiger partial charge on any atom is -0.508 e. The minimum atomic E-state index is -0.145. The van der Waals surface area contributed by atoms with Crippen molar-refractivity contribution in [3.8, 4) is 5.75 Å². The highest BCUT2D eigenvalue weighted by molar-refractivity contribution is 6.27. The van der Waals surface area contributed by atoms with Crippen molar-refractivity contribution in [1.82, 2.24) is 10.4 Å². The van der Waals surface area contributed by atoms with Gasteiger partial charge in [-0.25, -0.2) is 5.43 Å². The molecule has 4 rings (SSSR count). The average molecular weight is 335 g/mol. The second-order valence-electron chi connectivity index (χ2n) is 6.66. The zero-order chi connectivity index (χ0) is 17.2. The van der Waals surface area contributed by atoms with Crippen molar-refractivity contribution in [2.24, 2.45) is 5.10 Å².